The van der Waals surface area contributed by atoms with Gasteiger partial charge in [-0.25, -0.2) is 0 Å². The number of carbonyl (C=O) groups is 1. The van der Waals surface area contributed by atoms with Crippen molar-refractivity contribution in [3.8, 4) is 11.5 Å². The number of thioether (sulfide) groups is 1. The van der Waals surface area contributed by atoms with Crippen molar-refractivity contribution >= 4 is 40.3 Å². The van der Waals surface area contributed by atoms with Crippen LogP contribution in [-0.2, 0) is 11.4 Å². The molecule has 0 saturated carbocycles. The predicted molar refractivity (Wildman–Crippen MR) is 119 cm³/mol. The van der Waals surface area contributed by atoms with Crippen LogP contribution >= 0.6 is 24.0 Å². The van der Waals surface area contributed by atoms with Crippen LogP contribution < -0.4 is 9.47 Å². The summed E-state index contributed by atoms with van der Waals surface area (Å²) in [5.74, 6) is 1.17. The topological polar surface area (TPSA) is 38.8 Å². The molecule has 2 aromatic carbocycles. The summed E-state index contributed by atoms with van der Waals surface area (Å²) in [5.41, 5.74) is 3.15. The quantitative estimate of drug-likeness (QED) is 0.365. The number of benzene rings is 2. The van der Waals surface area contributed by atoms with E-state index in [2.05, 4.69) is 19.6 Å². The first-order chi connectivity index (χ1) is 13.5. The summed E-state index contributed by atoms with van der Waals surface area (Å²) in [4.78, 5) is 14.6. The van der Waals surface area contributed by atoms with Crippen LogP contribution in [0.25, 0.3) is 6.08 Å². The van der Waals surface area contributed by atoms with Gasteiger partial charge in [-0.1, -0.05) is 60.4 Å². The Morgan fingerprint density at radius 3 is 2.71 bits per heavy atom. The zero-order chi connectivity index (χ0) is 20.1. The molecule has 0 N–H and O–H groups in total. The van der Waals surface area contributed by atoms with Crippen molar-refractivity contribution in [2.75, 3.05) is 13.7 Å². The predicted octanol–water partition coefficient (Wildman–Crippen LogP) is 4.97. The number of ether oxygens (including phenoxy) is 2. The molecule has 3 rings (SSSR count). The molecule has 1 heterocycles. The molecule has 0 bridgehead atoms. The van der Waals surface area contributed by atoms with Crippen LogP contribution in [0.1, 0.15) is 16.7 Å². The van der Waals surface area contributed by atoms with Gasteiger partial charge in [0.05, 0.1) is 12.0 Å². The third-order valence-corrected chi connectivity index (χ3v) is 5.69. The number of aryl methyl sites for hydroxylation is 1. The van der Waals surface area contributed by atoms with Crippen LogP contribution in [-0.4, -0.2) is 28.8 Å². The number of methoxy groups -OCH3 is 1. The molecule has 1 fully saturated rings. The minimum Gasteiger partial charge on any atom is -0.493 e. The summed E-state index contributed by atoms with van der Waals surface area (Å²) in [6.07, 6.45) is 3.48. The molecule has 144 valence electrons. The summed E-state index contributed by atoms with van der Waals surface area (Å²) in [5, 5.41) is 0. The minimum absolute atomic E-state index is 0.103. The number of rotatable bonds is 7. The molecule has 4 nitrogen and oxygen atoms in total. The molecular formula is C22H21NO3S2. The second-order valence-electron chi connectivity index (χ2n) is 6.21. The second kappa shape index (κ2) is 9.08. The van der Waals surface area contributed by atoms with Gasteiger partial charge in [0.2, 0.25) is 0 Å². The monoisotopic (exact) mass is 411 g/mol. The van der Waals surface area contributed by atoms with Crippen molar-refractivity contribution < 1.29 is 14.3 Å². The van der Waals surface area contributed by atoms with Crippen molar-refractivity contribution in [1.29, 1.82) is 0 Å². The summed E-state index contributed by atoms with van der Waals surface area (Å²) < 4.78 is 12.0. The summed E-state index contributed by atoms with van der Waals surface area (Å²) in [6, 6.07) is 13.7. The van der Waals surface area contributed by atoms with Gasteiger partial charge in [-0.15, -0.1) is 6.58 Å². The smallest absolute Gasteiger partial charge is 0.266 e. The van der Waals surface area contributed by atoms with Crippen molar-refractivity contribution in [3.63, 3.8) is 0 Å². The van der Waals surface area contributed by atoms with Gasteiger partial charge in [-0.2, -0.15) is 0 Å². The zero-order valence-electron chi connectivity index (χ0n) is 15.8. The Bertz CT molecular complexity index is 953. The third kappa shape index (κ3) is 4.46. The number of amides is 1. The lowest BCUT2D eigenvalue weighted by molar-refractivity contribution is -0.121. The van der Waals surface area contributed by atoms with Crippen molar-refractivity contribution in [2.45, 2.75) is 13.5 Å². The van der Waals surface area contributed by atoms with Gasteiger partial charge < -0.3 is 9.47 Å². The van der Waals surface area contributed by atoms with Crippen molar-refractivity contribution in [1.82, 2.24) is 4.90 Å². The van der Waals surface area contributed by atoms with E-state index in [1.807, 2.05) is 42.5 Å². The average Bonchev–Trinajstić information content (AvgIpc) is 2.95. The van der Waals surface area contributed by atoms with E-state index in [-0.39, 0.29) is 5.91 Å². The van der Waals surface area contributed by atoms with Crippen LogP contribution in [0.15, 0.2) is 60.0 Å². The van der Waals surface area contributed by atoms with Crippen LogP contribution in [0.2, 0.25) is 0 Å². The van der Waals surface area contributed by atoms with Crippen molar-refractivity contribution in [3.05, 3.63) is 76.7 Å². The third-order valence-electron chi connectivity index (χ3n) is 4.32. The van der Waals surface area contributed by atoms with E-state index in [0.29, 0.717) is 33.9 Å². The van der Waals surface area contributed by atoms with Gasteiger partial charge in [-0.3, -0.25) is 9.69 Å². The maximum Gasteiger partial charge on any atom is 0.266 e. The first-order valence-electron chi connectivity index (χ1n) is 8.75. The molecule has 1 saturated heterocycles. The zero-order valence-corrected chi connectivity index (χ0v) is 17.4. The molecule has 1 aliphatic heterocycles. The van der Waals surface area contributed by atoms with Crippen LogP contribution in [0.4, 0.5) is 0 Å². The molecular weight excluding hydrogens is 390 g/mol. The normalized spacial score (nSPS) is 15.2. The summed E-state index contributed by atoms with van der Waals surface area (Å²) in [6.45, 7) is 6.60. The molecule has 6 heteroatoms. The van der Waals surface area contributed by atoms with Gasteiger partial charge in [0.1, 0.15) is 10.9 Å². The lowest BCUT2D eigenvalue weighted by atomic mass is 10.1. The highest BCUT2D eigenvalue weighted by Gasteiger charge is 2.30. The molecule has 1 amide bonds. The molecule has 0 aromatic heterocycles. The molecule has 1 aliphatic rings. The van der Waals surface area contributed by atoms with Gasteiger partial charge >= 0.3 is 0 Å². The number of hydrogen-bond donors (Lipinski definition) is 0. The number of hydrogen-bond acceptors (Lipinski definition) is 5. The Balaban J connectivity index is 1.78. The Hall–Kier alpha value is -2.57. The molecule has 0 spiro atoms. The Labute approximate surface area is 174 Å². The van der Waals surface area contributed by atoms with Crippen LogP contribution in [0.5, 0.6) is 11.5 Å². The fraction of sp³-hybridized carbons (Fsp3) is 0.182. The molecule has 0 unspecified atom stereocenters. The van der Waals surface area contributed by atoms with Gasteiger partial charge in [-0.05, 0) is 41.8 Å². The Morgan fingerprint density at radius 1 is 1.21 bits per heavy atom. The van der Waals surface area contributed by atoms with E-state index < -0.39 is 0 Å². The second-order valence-corrected chi connectivity index (χ2v) is 7.88. The maximum atomic E-state index is 12.5. The standard InChI is InChI=1S/C22H21NO3S2/c1-4-11-23-21(24)20(28-22(23)27)13-16-9-10-18(19(12-16)25-3)26-14-17-8-6-5-7-15(17)2/h4-10,12-13H,1,11,14H2,2-3H3/b20-13+. The molecule has 0 radical (unpaired) electrons. The van der Waals surface area contributed by atoms with Gasteiger partial charge in [0.15, 0.2) is 11.5 Å². The fourth-order valence-electron chi connectivity index (χ4n) is 2.76. The van der Waals surface area contributed by atoms with E-state index in [1.165, 1.54) is 22.2 Å². The number of nitrogens with zero attached hydrogens (tertiary/aromatic N) is 1. The van der Waals surface area contributed by atoms with Gasteiger partial charge in [0, 0.05) is 6.54 Å². The highest BCUT2D eigenvalue weighted by molar-refractivity contribution is 8.26. The summed E-state index contributed by atoms with van der Waals surface area (Å²) in [7, 11) is 1.60. The highest BCUT2D eigenvalue weighted by Crippen LogP contribution is 2.35. The van der Waals surface area contributed by atoms with E-state index in [4.69, 9.17) is 21.7 Å². The highest BCUT2D eigenvalue weighted by atomic mass is 32.2. The van der Waals surface area contributed by atoms with E-state index >= 15 is 0 Å². The largest absolute Gasteiger partial charge is 0.493 e. The van der Waals surface area contributed by atoms with Gasteiger partial charge in [0.25, 0.3) is 5.91 Å². The van der Waals surface area contributed by atoms with Crippen LogP contribution in [0, 0.1) is 6.92 Å². The molecule has 28 heavy (non-hydrogen) atoms. The Morgan fingerprint density at radius 2 is 2.00 bits per heavy atom. The number of thiocarbonyl (C=S) groups is 1. The first-order valence-corrected chi connectivity index (χ1v) is 9.97. The van der Waals surface area contributed by atoms with E-state index in [0.717, 1.165) is 11.1 Å². The van der Waals surface area contributed by atoms with E-state index in [9.17, 15) is 4.79 Å². The first kappa shape index (κ1) is 20.2. The molecule has 2 aromatic rings. The SMILES string of the molecule is C=CCN1C(=O)/C(=C\c2ccc(OCc3ccccc3C)c(OC)c2)SC1=S. The minimum atomic E-state index is -0.103. The number of carbonyl (C=O) groups excluding carboxylic acids is 1. The maximum absolute atomic E-state index is 12.5. The van der Waals surface area contributed by atoms with Crippen molar-refractivity contribution in [2.24, 2.45) is 0 Å². The Kier molecular flexibility index (Phi) is 6.54. The lowest BCUT2D eigenvalue weighted by Crippen LogP contribution is -2.27. The molecule has 0 atom stereocenters. The lowest BCUT2D eigenvalue weighted by Gasteiger charge is -2.13. The average molecular weight is 412 g/mol. The molecule has 0 aliphatic carbocycles. The fourth-order valence-corrected chi connectivity index (χ4v) is 4.03. The summed E-state index contributed by atoms with van der Waals surface area (Å²) >= 11 is 6.56. The van der Waals surface area contributed by atoms with Crippen LogP contribution in [0.3, 0.4) is 0 Å². The van der Waals surface area contributed by atoms with E-state index in [1.54, 1.807) is 13.2 Å².